The van der Waals surface area contributed by atoms with Crippen LogP contribution in [0.1, 0.15) is 49.9 Å². The second-order valence-corrected chi connectivity index (χ2v) is 8.30. The quantitative estimate of drug-likeness (QED) is 0.500. The summed E-state index contributed by atoms with van der Waals surface area (Å²) in [5.74, 6) is 1.45. The SMILES string of the molecule is CCOC(=O)c1sc2nc(Cl)nc(N(CC(C)C)CC(C)C)c2c1C. The summed E-state index contributed by atoms with van der Waals surface area (Å²) in [4.78, 5) is 24.7. The molecule has 0 bridgehead atoms. The number of anilines is 1. The van der Waals surface area contributed by atoms with E-state index in [1.165, 1.54) is 11.3 Å². The van der Waals surface area contributed by atoms with Gasteiger partial charge in [-0.05, 0) is 42.8 Å². The van der Waals surface area contributed by atoms with Crippen LogP contribution in [-0.4, -0.2) is 35.6 Å². The van der Waals surface area contributed by atoms with Crippen LogP contribution in [0.4, 0.5) is 5.82 Å². The third-order valence-electron chi connectivity index (χ3n) is 3.68. The first-order chi connectivity index (χ1) is 11.7. The zero-order valence-corrected chi connectivity index (χ0v) is 17.3. The Morgan fingerprint density at radius 1 is 1.20 bits per heavy atom. The Balaban J connectivity index is 2.62. The van der Waals surface area contributed by atoms with Crippen LogP contribution in [0, 0.1) is 18.8 Å². The number of carbonyl (C=O) groups is 1. The Kier molecular flexibility index (Phi) is 6.63. The number of rotatable bonds is 7. The van der Waals surface area contributed by atoms with E-state index in [-0.39, 0.29) is 11.3 Å². The van der Waals surface area contributed by atoms with Crippen LogP contribution < -0.4 is 4.90 Å². The number of hydrogen-bond acceptors (Lipinski definition) is 6. The van der Waals surface area contributed by atoms with Crippen molar-refractivity contribution in [3.63, 3.8) is 0 Å². The number of ether oxygens (including phenoxy) is 1. The lowest BCUT2D eigenvalue weighted by Gasteiger charge is -2.28. The van der Waals surface area contributed by atoms with Crippen LogP contribution in [-0.2, 0) is 4.74 Å². The standard InChI is InChI=1S/C18H26ClN3O2S/c1-7-24-17(23)14-12(6)13-15(20-18(19)21-16(13)25-14)22(8-10(2)3)9-11(4)5/h10-11H,7-9H2,1-6H3. The average molecular weight is 384 g/mol. The Morgan fingerprint density at radius 2 is 1.80 bits per heavy atom. The molecule has 2 heterocycles. The molecule has 2 aromatic rings. The van der Waals surface area contributed by atoms with Crippen LogP contribution in [0.25, 0.3) is 10.2 Å². The molecule has 0 saturated carbocycles. The normalized spacial score (nSPS) is 11.6. The Labute approximate surface area is 158 Å². The highest BCUT2D eigenvalue weighted by Gasteiger charge is 2.24. The van der Waals surface area contributed by atoms with Gasteiger partial charge < -0.3 is 9.64 Å². The predicted octanol–water partition coefficient (Wildman–Crippen LogP) is 4.95. The molecule has 2 rings (SSSR count). The first-order valence-electron chi connectivity index (χ1n) is 8.63. The number of hydrogen-bond donors (Lipinski definition) is 0. The zero-order valence-electron chi connectivity index (χ0n) is 15.7. The van der Waals surface area contributed by atoms with Crippen molar-refractivity contribution in [3.05, 3.63) is 15.7 Å². The highest BCUT2D eigenvalue weighted by Crippen LogP contribution is 2.37. The third kappa shape index (κ3) is 4.61. The van der Waals surface area contributed by atoms with Gasteiger partial charge in [0.05, 0.1) is 12.0 Å². The number of carbonyl (C=O) groups excluding carboxylic acids is 1. The maximum atomic E-state index is 12.3. The lowest BCUT2D eigenvalue weighted by atomic mass is 10.1. The molecule has 0 unspecified atom stereocenters. The van der Waals surface area contributed by atoms with Crippen LogP contribution in [0.5, 0.6) is 0 Å². The highest BCUT2D eigenvalue weighted by molar-refractivity contribution is 7.20. The van der Waals surface area contributed by atoms with Crippen molar-refractivity contribution >= 4 is 44.9 Å². The van der Waals surface area contributed by atoms with Crippen molar-refractivity contribution in [3.8, 4) is 0 Å². The molecule has 25 heavy (non-hydrogen) atoms. The van der Waals surface area contributed by atoms with Gasteiger partial charge in [0.2, 0.25) is 5.28 Å². The van der Waals surface area contributed by atoms with E-state index in [2.05, 4.69) is 42.6 Å². The molecule has 5 nitrogen and oxygen atoms in total. The highest BCUT2D eigenvalue weighted by atomic mass is 35.5. The lowest BCUT2D eigenvalue weighted by Crippen LogP contribution is -2.32. The van der Waals surface area contributed by atoms with Crippen molar-refractivity contribution in [2.24, 2.45) is 11.8 Å². The first kappa shape index (κ1) is 19.9. The molecule has 0 fully saturated rings. The molecule has 0 amide bonds. The van der Waals surface area contributed by atoms with Crippen molar-refractivity contribution < 1.29 is 9.53 Å². The minimum Gasteiger partial charge on any atom is -0.462 e. The number of halogens is 1. The van der Waals surface area contributed by atoms with E-state index in [1.54, 1.807) is 6.92 Å². The second-order valence-electron chi connectivity index (χ2n) is 6.97. The summed E-state index contributed by atoms with van der Waals surface area (Å²) < 4.78 is 5.17. The molecule has 0 aromatic carbocycles. The van der Waals surface area contributed by atoms with Crippen LogP contribution in [0.3, 0.4) is 0 Å². The van der Waals surface area contributed by atoms with Crippen molar-refractivity contribution in [1.29, 1.82) is 0 Å². The van der Waals surface area contributed by atoms with Gasteiger partial charge in [0.1, 0.15) is 15.5 Å². The van der Waals surface area contributed by atoms with Crippen molar-refractivity contribution in [1.82, 2.24) is 9.97 Å². The molecule has 0 N–H and O–H groups in total. The molecule has 0 saturated heterocycles. The van der Waals surface area contributed by atoms with E-state index in [4.69, 9.17) is 16.3 Å². The summed E-state index contributed by atoms with van der Waals surface area (Å²) in [5.41, 5.74) is 0.864. The van der Waals surface area contributed by atoms with E-state index in [1.807, 2.05) is 6.92 Å². The van der Waals surface area contributed by atoms with E-state index < -0.39 is 0 Å². The molecule has 0 spiro atoms. The molecule has 0 aliphatic rings. The van der Waals surface area contributed by atoms with Gasteiger partial charge >= 0.3 is 5.97 Å². The van der Waals surface area contributed by atoms with E-state index in [0.29, 0.717) is 23.3 Å². The minimum atomic E-state index is -0.315. The van der Waals surface area contributed by atoms with E-state index in [9.17, 15) is 4.79 Å². The van der Waals surface area contributed by atoms with Gasteiger partial charge in [0, 0.05) is 13.1 Å². The molecule has 0 radical (unpaired) electrons. The number of nitrogens with zero attached hydrogens (tertiary/aromatic N) is 3. The van der Waals surface area contributed by atoms with E-state index in [0.717, 1.165) is 34.7 Å². The molecule has 138 valence electrons. The fourth-order valence-corrected chi connectivity index (χ4v) is 4.13. The van der Waals surface area contributed by atoms with Crippen LogP contribution in [0.2, 0.25) is 5.28 Å². The lowest BCUT2D eigenvalue weighted by molar-refractivity contribution is 0.0531. The molecule has 0 atom stereocenters. The molecular formula is C18H26ClN3O2S. The largest absolute Gasteiger partial charge is 0.462 e. The molecular weight excluding hydrogens is 358 g/mol. The number of fused-ring (bicyclic) bond motifs is 1. The van der Waals surface area contributed by atoms with Crippen LogP contribution in [0.15, 0.2) is 0 Å². The summed E-state index contributed by atoms with van der Waals surface area (Å²) in [5, 5.41) is 1.11. The maximum Gasteiger partial charge on any atom is 0.348 e. The Bertz CT molecular complexity index is 748. The number of aryl methyl sites for hydroxylation is 1. The van der Waals surface area contributed by atoms with Gasteiger partial charge in [-0.15, -0.1) is 11.3 Å². The third-order valence-corrected chi connectivity index (χ3v) is 5.01. The molecule has 0 aliphatic carbocycles. The molecule has 2 aromatic heterocycles. The predicted molar refractivity (Wildman–Crippen MR) is 105 cm³/mol. The summed E-state index contributed by atoms with van der Waals surface area (Å²) in [6.45, 7) is 14.5. The molecule has 0 aliphatic heterocycles. The van der Waals surface area contributed by atoms with Gasteiger partial charge in [-0.25, -0.2) is 9.78 Å². The van der Waals surface area contributed by atoms with Crippen molar-refractivity contribution in [2.45, 2.75) is 41.5 Å². The summed E-state index contributed by atoms with van der Waals surface area (Å²) in [6, 6.07) is 0. The zero-order chi connectivity index (χ0) is 18.7. The smallest absolute Gasteiger partial charge is 0.348 e. The number of thiophene rings is 1. The van der Waals surface area contributed by atoms with E-state index >= 15 is 0 Å². The summed E-state index contributed by atoms with van der Waals surface area (Å²) in [7, 11) is 0. The fraction of sp³-hybridized carbons (Fsp3) is 0.611. The Morgan fingerprint density at radius 3 is 2.32 bits per heavy atom. The topological polar surface area (TPSA) is 55.3 Å². The molecule has 7 heteroatoms. The number of esters is 1. The average Bonchev–Trinajstić information content (AvgIpc) is 2.82. The van der Waals surface area contributed by atoms with Crippen LogP contribution >= 0.6 is 22.9 Å². The summed E-state index contributed by atoms with van der Waals surface area (Å²) in [6.07, 6.45) is 0. The van der Waals surface area contributed by atoms with Gasteiger partial charge in [-0.3, -0.25) is 0 Å². The van der Waals surface area contributed by atoms with Gasteiger partial charge in [0.15, 0.2) is 0 Å². The monoisotopic (exact) mass is 383 g/mol. The summed E-state index contributed by atoms with van der Waals surface area (Å²) >= 11 is 7.50. The second kappa shape index (κ2) is 8.32. The first-order valence-corrected chi connectivity index (χ1v) is 9.82. The van der Waals surface area contributed by atoms with Gasteiger partial charge in [0.25, 0.3) is 0 Å². The maximum absolute atomic E-state index is 12.3. The van der Waals surface area contributed by atoms with Crippen molar-refractivity contribution in [2.75, 3.05) is 24.6 Å². The number of aromatic nitrogens is 2. The van der Waals surface area contributed by atoms with Gasteiger partial charge in [-0.1, -0.05) is 27.7 Å². The Hall–Kier alpha value is -1.40. The minimum absolute atomic E-state index is 0.205. The fourth-order valence-electron chi connectivity index (χ4n) is 2.84. The van der Waals surface area contributed by atoms with Gasteiger partial charge in [-0.2, -0.15) is 4.98 Å².